The third kappa shape index (κ3) is 1.95. The van der Waals surface area contributed by atoms with E-state index >= 15 is 0 Å². The molecule has 2 atom stereocenters. The summed E-state index contributed by atoms with van der Waals surface area (Å²) < 4.78 is 19.8. The molecule has 3 nitrogen and oxygen atoms in total. The van der Waals surface area contributed by atoms with Gasteiger partial charge in [-0.1, -0.05) is 53.2 Å². The number of carboxylic acids is 1. The summed E-state index contributed by atoms with van der Waals surface area (Å²) in [5, 5.41) is 9.79. The van der Waals surface area contributed by atoms with Crippen molar-refractivity contribution in [3.8, 4) is 5.75 Å². The zero-order valence-electron chi connectivity index (χ0n) is 11.1. The quantitative estimate of drug-likeness (QED) is 0.888. The highest BCUT2D eigenvalue weighted by molar-refractivity contribution is 9.10. The monoisotopic (exact) mass is 350 g/mol. The van der Waals surface area contributed by atoms with Crippen LogP contribution in [-0.2, 0) is 10.4 Å². The Morgan fingerprint density at radius 1 is 1.33 bits per heavy atom. The first-order valence-corrected chi connectivity index (χ1v) is 7.23. The third-order valence-corrected chi connectivity index (χ3v) is 4.55. The summed E-state index contributed by atoms with van der Waals surface area (Å²) in [4.78, 5) is 12.0. The van der Waals surface area contributed by atoms with Gasteiger partial charge in [-0.2, -0.15) is 0 Å². The van der Waals surface area contributed by atoms with E-state index in [0.29, 0.717) is 15.6 Å². The van der Waals surface area contributed by atoms with Crippen LogP contribution in [0.3, 0.4) is 0 Å². The Hall–Kier alpha value is -1.88. The molecule has 3 rings (SSSR count). The lowest BCUT2D eigenvalue weighted by molar-refractivity contribution is -0.156. The van der Waals surface area contributed by atoms with E-state index in [-0.39, 0.29) is 5.75 Å². The number of benzene rings is 2. The summed E-state index contributed by atoms with van der Waals surface area (Å²) in [6, 6.07) is 11.3. The molecule has 5 heteroatoms. The Bertz CT molecular complexity index is 717. The summed E-state index contributed by atoms with van der Waals surface area (Å²) >= 11 is 3.30. The fraction of sp³-hybridized carbons (Fsp3) is 0.188. The van der Waals surface area contributed by atoms with E-state index in [1.807, 2.05) is 0 Å². The molecular formula is C16H12BrFO3. The third-order valence-electron chi connectivity index (χ3n) is 3.89. The highest BCUT2D eigenvalue weighted by atomic mass is 79.9. The molecule has 0 fully saturated rings. The number of aliphatic carboxylic acids is 1. The molecule has 1 aliphatic heterocycles. The Kier molecular flexibility index (Phi) is 3.24. The summed E-state index contributed by atoms with van der Waals surface area (Å²) in [5.41, 5.74) is -0.337. The van der Waals surface area contributed by atoms with Crippen LogP contribution in [0.5, 0.6) is 5.75 Å². The highest BCUT2D eigenvalue weighted by Crippen LogP contribution is 2.53. The molecule has 1 N–H and O–H groups in total. The second-order valence-corrected chi connectivity index (χ2v) is 5.88. The van der Waals surface area contributed by atoms with Gasteiger partial charge in [-0.3, -0.25) is 0 Å². The summed E-state index contributed by atoms with van der Waals surface area (Å²) in [6.45, 7) is 1.77. The van der Waals surface area contributed by atoms with Gasteiger partial charge in [0.1, 0.15) is 11.6 Å². The molecule has 0 aromatic heterocycles. The number of carbonyl (C=O) groups is 1. The zero-order valence-corrected chi connectivity index (χ0v) is 12.7. The van der Waals surface area contributed by atoms with Crippen LogP contribution in [0.4, 0.5) is 4.39 Å². The smallest absolute Gasteiger partial charge is 0.353 e. The lowest BCUT2D eigenvalue weighted by Crippen LogP contribution is -2.42. The van der Waals surface area contributed by atoms with E-state index in [9.17, 15) is 14.3 Å². The number of halogens is 2. The van der Waals surface area contributed by atoms with Gasteiger partial charge in [0, 0.05) is 27.6 Å². The van der Waals surface area contributed by atoms with Crippen LogP contribution >= 0.6 is 15.9 Å². The fourth-order valence-corrected chi connectivity index (χ4v) is 3.64. The molecular weight excluding hydrogens is 339 g/mol. The SMILES string of the molecule is C[C@H]1c2c(Br)cc(F)cc2O[C@]1(C(=O)O)c1ccccc1. The normalized spacial score (nSPS) is 23.5. The first-order valence-electron chi connectivity index (χ1n) is 6.43. The average molecular weight is 351 g/mol. The maximum Gasteiger partial charge on any atom is 0.353 e. The molecule has 0 radical (unpaired) electrons. The van der Waals surface area contributed by atoms with E-state index < -0.39 is 23.3 Å². The topological polar surface area (TPSA) is 46.5 Å². The van der Waals surface area contributed by atoms with Crippen LogP contribution in [0.15, 0.2) is 46.9 Å². The van der Waals surface area contributed by atoms with Crippen molar-refractivity contribution in [2.24, 2.45) is 0 Å². The molecule has 0 amide bonds. The molecule has 0 unspecified atom stereocenters. The second-order valence-electron chi connectivity index (χ2n) is 5.03. The molecule has 0 saturated carbocycles. The summed E-state index contributed by atoms with van der Waals surface area (Å²) in [5.74, 6) is -1.75. The summed E-state index contributed by atoms with van der Waals surface area (Å²) in [7, 11) is 0. The maximum atomic E-state index is 13.5. The van der Waals surface area contributed by atoms with Gasteiger partial charge in [0.25, 0.3) is 0 Å². The van der Waals surface area contributed by atoms with E-state index in [0.717, 1.165) is 0 Å². The number of rotatable bonds is 2. The van der Waals surface area contributed by atoms with Gasteiger partial charge < -0.3 is 9.84 Å². The van der Waals surface area contributed by atoms with Gasteiger partial charge in [0.15, 0.2) is 0 Å². The van der Waals surface area contributed by atoms with Crippen LogP contribution in [0, 0.1) is 5.82 Å². The molecule has 0 aliphatic carbocycles. The first-order chi connectivity index (χ1) is 9.96. The summed E-state index contributed by atoms with van der Waals surface area (Å²) in [6.07, 6.45) is 0. The van der Waals surface area contributed by atoms with Crippen LogP contribution in [0.2, 0.25) is 0 Å². The highest BCUT2D eigenvalue weighted by Gasteiger charge is 2.54. The van der Waals surface area contributed by atoms with Gasteiger partial charge in [-0.05, 0) is 6.07 Å². The minimum Gasteiger partial charge on any atom is -0.478 e. The van der Waals surface area contributed by atoms with E-state index in [2.05, 4.69) is 15.9 Å². The molecule has 0 saturated heterocycles. The number of hydrogen-bond acceptors (Lipinski definition) is 2. The molecule has 0 spiro atoms. The Morgan fingerprint density at radius 2 is 2.00 bits per heavy atom. The molecule has 0 bridgehead atoms. The van der Waals surface area contributed by atoms with Crippen molar-refractivity contribution in [2.75, 3.05) is 0 Å². The van der Waals surface area contributed by atoms with Gasteiger partial charge in [0.2, 0.25) is 5.60 Å². The molecule has 1 aliphatic rings. The van der Waals surface area contributed by atoms with E-state index in [1.165, 1.54) is 12.1 Å². The van der Waals surface area contributed by atoms with Crippen LogP contribution in [0.1, 0.15) is 24.0 Å². The van der Waals surface area contributed by atoms with Crippen molar-refractivity contribution in [3.05, 3.63) is 63.9 Å². The van der Waals surface area contributed by atoms with Gasteiger partial charge in [0.05, 0.1) is 0 Å². The minimum atomic E-state index is -1.54. The number of hydrogen-bond donors (Lipinski definition) is 1. The Morgan fingerprint density at radius 3 is 2.62 bits per heavy atom. The van der Waals surface area contributed by atoms with Gasteiger partial charge >= 0.3 is 5.97 Å². The van der Waals surface area contributed by atoms with E-state index in [1.54, 1.807) is 37.3 Å². The molecule has 2 aromatic carbocycles. The van der Waals surface area contributed by atoms with Crippen molar-refractivity contribution in [1.29, 1.82) is 0 Å². The Labute approximate surface area is 129 Å². The number of ether oxygens (including phenoxy) is 1. The predicted molar refractivity (Wildman–Crippen MR) is 78.9 cm³/mol. The fourth-order valence-electron chi connectivity index (χ4n) is 2.88. The van der Waals surface area contributed by atoms with Crippen molar-refractivity contribution >= 4 is 21.9 Å². The molecule has 108 valence electrons. The molecule has 1 heterocycles. The minimum absolute atomic E-state index is 0.264. The molecule has 2 aromatic rings. The van der Waals surface area contributed by atoms with Crippen molar-refractivity contribution < 1.29 is 19.0 Å². The van der Waals surface area contributed by atoms with Crippen LogP contribution in [-0.4, -0.2) is 11.1 Å². The van der Waals surface area contributed by atoms with Gasteiger partial charge in [-0.25, -0.2) is 9.18 Å². The predicted octanol–water partition coefficient (Wildman–Crippen LogP) is 4.06. The first kappa shape index (κ1) is 14.1. The largest absolute Gasteiger partial charge is 0.478 e. The lowest BCUT2D eigenvalue weighted by atomic mass is 9.80. The van der Waals surface area contributed by atoms with Crippen molar-refractivity contribution in [3.63, 3.8) is 0 Å². The van der Waals surface area contributed by atoms with Crippen LogP contribution in [0.25, 0.3) is 0 Å². The Balaban J connectivity index is 2.23. The number of fused-ring (bicyclic) bond motifs is 1. The van der Waals surface area contributed by atoms with Crippen molar-refractivity contribution in [1.82, 2.24) is 0 Å². The zero-order chi connectivity index (χ0) is 15.2. The maximum absolute atomic E-state index is 13.5. The standard InChI is InChI=1S/C16H12BrFO3/c1-9-14-12(17)7-11(18)8-13(14)21-16(9,15(19)20)10-5-3-2-4-6-10/h2-9H,1H3,(H,19,20)/t9-,16-/m0/s1. The average Bonchev–Trinajstić information content (AvgIpc) is 2.74. The lowest BCUT2D eigenvalue weighted by Gasteiger charge is -2.29. The van der Waals surface area contributed by atoms with Gasteiger partial charge in [-0.15, -0.1) is 0 Å². The van der Waals surface area contributed by atoms with Crippen molar-refractivity contribution in [2.45, 2.75) is 18.4 Å². The number of carboxylic acid groups (broad SMARTS) is 1. The van der Waals surface area contributed by atoms with E-state index in [4.69, 9.17) is 4.74 Å². The second kappa shape index (κ2) is 4.84. The molecule has 21 heavy (non-hydrogen) atoms. The van der Waals surface area contributed by atoms with Crippen LogP contribution < -0.4 is 4.74 Å².